The zero-order valence-corrected chi connectivity index (χ0v) is 15.6. The van der Waals surface area contributed by atoms with E-state index in [-0.39, 0.29) is 16.1 Å². The van der Waals surface area contributed by atoms with Crippen molar-refractivity contribution in [2.75, 3.05) is 0 Å². The molecule has 28 heavy (non-hydrogen) atoms. The summed E-state index contributed by atoms with van der Waals surface area (Å²) < 4.78 is 27.3. The van der Waals surface area contributed by atoms with Gasteiger partial charge in [-0.25, -0.2) is 0 Å². The molecule has 0 N–H and O–H groups in total. The van der Waals surface area contributed by atoms with Gasteiger partial charge in [0.2, 0.25) is 0 Å². The highest BCUT2D eigenvalue weighted by Gasteiger charge is 2.25. The van der Waals surface area contributed by atoms with Crippen LogP contribution in [0.5, 0.6) is 0 Å². The molecule has 0 aliphatic rings. The molecule has 8 heteroatoms. The summed E-state index contributed by atoms with van der Waals surface area (Å²) in [4.78, 5) is 10.7. The van der Waals surface area contributed by atoms with Crippen LogP contribution in [0, 0.1) is 17.0 Å². The Morgan fingerprint density at radius 2 is 1.64 bits per heavy atom. The summed E-state index contributed by atoms with van der Waals surface area (Å²) in [6.07, 6.45) is 0. The highest BCUT2D eigenvalue weighted by molar-refractivity contribution is 7.90. The number of fused-ring (bicyclic) bond motifs is 1. The number of nitro benzene ring substituents is 1. The lowest BCUT2D eigenvalue weighted by atomic mass is 10.1. The summed E-state index contributed by atoms with van der Waals surface area (Å²) >= 11 is 0. The van der Waals surface area contributed by atoms with E-state index in [0.29, 0.717) is 11.1 Å². The van der Waals surface area contributed by atoms with Gasteiger partial charge in [-0.15, -0.1) is 0 Å². The Labute approximate surface area is 161 Å². The van der Waals surface area contributed by atoms with Gasteiger partial charge in [-0.3, -0.25) is 10.1 Å². The van der Waals surface area contributed by atoms with Gasteiger partial charge < -0.3 is 0 Å². The number of hydrogen-bond donors (Lipinski definition) is 0. The fourth-order valence-electron chi connectivity index (χ4n) is 2.99. The van der Waals surface area contributed by atoms with E-state index in [1.165, 1.54) is 30.3 Å². The smallest absolute Gasteiger partial charge is 0.258 e. The van der Waals surface area contributed by atoms with Crippen LogP contribution in [-0.2, 0) is 10.0 Å². The number of hydrogen-bond acceptors (Lipinski definition) is 5. The van der Waals surface area contributed by atoms with Crippen molar-refractivity contribution in [3.05, 3.63) is 88.5 Å². The molecule has 0 saturated heterocycles. The Kier molecular flexibility index (Phi) is 4.20. The zero-order chi connectivity index (χ0) is 19.9. The van der Waals surface area contributed by atoms with Crippen molar-refractivity contribution in [2.24, 2.45) is 0 Å². The number of aromatic nitrogens is 2. The Bertz CT molecular complexity index is 1290. The predicted molar refractivity (Wildman–Crippen MR) is 106 cm³/mol. The van der Waals surface area contributed by atoms with Crippen molar-refractivity contribution in [1.29, 1.82) is 0 Å². The summed E-state index contributed by atoms with van der Waals surface area (Å²) in [5, 5.41) is 16.1. The summed E-state index contributed by atoms with van der Waals surface area (Å²) in [6, 6.07) is 19.6. The minimum Gasteiger partial charge on any atom is -0.258 e. The minimum absolute atomic E-state index is 0.0635. The Hall–Kier alpha value is -3.52. The molecule has 0 saturated carbocycles. The molecule has 0 spiro atoms. The molecule has 0 unspecified atom stereocenters. The Morgan fingerprint density at radius 3 is 2.29 bits per heavy atom. The van der Waals surface area contributed by atoms with Crippen molar-refractivity contribution in [1.82, 2.24) is 9.19 Å². The average molecular weight is 393 g/mol. The van der Waals surface area contributed by atoms with Crippen LogP contribution in [-0.4, -0.2) is 22.5 Å². The molecule has 140 valence electrons. The van der Waals surface area contributed by atoms with Gasteiger partial charge in [0.15, 0.2) is 0 Å². The third kappa shape index (κ3) is 2.93. The first-order valence-corrected chi connectivity index (χ1v) is 9.87. The molecule has 0 aliphatic carbocycles. The molecule has 1 aromatic heterocycles. The van der Waals surface area contributed by atoms with Gasteiger partial charge in [0.05, 0.1) is 15.3 Å². The van der Waals surface area contributed by atoms with Crippen LogP contribution >= 0.6 is 0 Å². The fourth-order valence-corrected chi connectivity index (χ4v) is 4.27. The number of aryl methyl sites for hydroxylation is 1. The first-order valence-electron chi connectivity index (χ1n) is 8.43. The van der Waals surface area contributed by atoms with Crippen molar-refractivity contribution >= 4 is 26.6 Å². The minimum atomic E-state index is -4.03. The fraction of sp³-hybridized carbons (Fsp3) is 0.0500. The molecule has 0 atom stereocenters. The molecule has 3 aromatic carbocycles. The number of benzene rings is 3. The molecular weight excluding hydrogens is 378 g/mol. The van der Waals surface area contributed by atoms with E-state index in [0.717, 1.165) is 15.2 Å². The molecular formula is C20H15N3O4S. The summed E-state index contributed by atoms with van der Waals surface area (Å²) in [6.45, 7) is 1.86. The SMILES string of the molecule is Cc1ccc(S(=O)(=O)n2nc(-c3ccccc3)c3ccc([N+](=O)[O-])cc32)cc1. The molecule has 1 heterocycles. The van der Waals surface area contributed by atoms with E-state index in [1.54, 1.807) is 12.1 Å². The van der Waals surface area contributed by atoms with Gasteiger partial charge in [-0.05, 0) is 25.1 Å². The lowest BCUT2D eigenvalue weighted by Gasteiger charge is -2.06. The topological polar surface area (TPSA) is 95.1 Å². The molecule has 4 aromatic rings. The first-order chi connectivity index (χ1) is 13.4. The predicted octanol–water partition coefficient (Wildman–Crippen LogP) is 4.16. The quantitative estimate of drug-likeness (QED) is 0.383. The normalized spacial score (nSPS) is 11.6. The lowest BCUT2D eigenvalue weighted by molar-refractivity contribution is -0.384. The van der Waals surface area contributed by atoms with E-state index in [9.17, 15) is 18.5 Å². The van der Waals surface area contributed by atoms with Crippen molar-refractivity contribution < 1.29 is 13.3 Å². The van der Waals surface area contributed by atoms with Gasteiger partial charge in [0, 0.05) is 23.1 Å². The summed E-state index contributed by atoms with van der Waals surface area (Å²) in [7, 11) is -4.03. The maximum Gasteiger partial charge on any atom is 0.283 e. The second-order valence-electron chi connectivity index (χ2n) is 6.33. The molecule has 0 amide bonds. The van der Waals surface area contributed by atoms with E-state index in [1.807, 2.05) is 37.3 Å². The van der Waals surface area contributed by atoms with Gasteiger partial charge in [0.1, 0.15) is 5.69 Å². The molecule has 0 fully saturated rings. The van der Waals surface area contributed by atoms with Crippen molar-refractivity contribution in [3.8, 4) is 11.3 Å². The summed E-state index contributed by atoms with van der Waals surface area (Å²) in [5.74, 6) is 0. The lowest BCUT2D eigenvalue weighted by Crippen LogP contribution is -2.14. The molecule has 0 aliphatic heterocycles. The van der Waals surface area contributed by atoms with Gasteiger partial charge in [0.25, 0.3) is 15.7 Å². The van der Waals surface area contributed by atoms with E-state index < -0.39 is 14.9 Å². The highest BCUT2D eigenvalue weighted by atomic mass is 32.2. The number of non-ortho nitro benzene ring substituents is 1. The van der Waals surface area contributed by atoms with Crippen LogP contribution < -0.4 is 0 Å². The molecule has 0 radical (unpaired) electrons. The van der Waals surface area contributed by atoms with Crippen molar-refractivity contribution in [2.45, 2.75) is 11.8 Å². The largest absolute Gasteiger partial charge is 0.283 e. The average Bonchev–Trinajstić information content (AvgIpc) is 3.08. The Balaban J connectivity index is 2.03. The monoisotopic (exact) mass is 393 g/mol. The molecule has 7 nitrogen and oxygen atoms in total. The van der Waals surface area contributed by atoms with Gasteiger partial charge in [-0.2, -0.15) is 17.6 Å². The van der Waals surface area contributed by atoms with Gasteiger partial charge in [-0.1, -0.05) is 48.0 Å². The number of rotatable bonds is 4. The van der Waals surface area contributed by atoms with Crippen LogP contribution in [0.2, 0.25) is 0 Å². The third-order valence-electron chi connectivity index (χ3n) is 4.44. The van der Waals surface area contributed by atoms with Crippen LogP contribution in [0.1, 0.15) is 5.56 Å². The third-order valence-corrected chi connectivity index (χ3v) is 6.04. The zero-order valence-electron chi connectivity index (χ0n) is 14.8. The van der Waals surface area contributed by atoms with Crippen LogP contribution in [0.4, 0.5) is 5.69 Å². The number of nitro groups is 1. The molecule has 4 rings (SSSR count). The number of nitrogens with zero attached hydrogens (tertiary/aromatic N) is 3. The maximum atomic E-state index is 13.2. The second kappa shape index (κ2) is 6.58. The van der Waals surface area contributed by atoms with E-state index in [4.69, 9.17) is 0 Å². The second-order valence-corrected chi connectivity index (χ2v) is 8.10. The first kappa shape index (κ1) is 17.9. The van der Waals surface area contributed by atoms with Crippen LogP contribution in [0.3, 0.4) is 0 Å². The summed E-state index contributed by atoms with van der Waals surface area (Å²) in [5.41, 5.74) is 2.05. The van der Waals surface area contributed by atoms with E-state index in [2.05, 4.69) is 5.10 Å². The Morgan fingerprint density at radius 1 is 0.964 bits per heavy atom. The highest BCUT2D eigenvalue weighted by Crippen LogP contribution is 2.32. The van der Waals surface area contributed by atoms with Gasteiger partial charge >= 0.3 is 0 Å². The van der Waals surface area contributed by atoms with Crippen molar-refractivity contribution in [3.63, 3.8) is 0 Å². The van der Waals surface area contributed by atoms with Crippen LogP contribution in [0.15, 0.2) is 77.7 Å². The van der Waals surface area contributed by atoms with E-state index >= 15 is 0 Å². The molecule has 0 bridgehead atoms. The maximum absolute atomic E-state index is 13.2. The van der Waals surface area contributed by atoms with Crippen LogP contribution in [0.25, 0.3) is 22.2 Å². The standard InChI is InChI=1S/C20H15N3O4S/c1-14-7-10-17(11-8-14)28(26,27)22-19-13-16(23(24)25)9-12-18(19)20(21-22)15-5-3-2-4-6-15/h2-13H,1H3.